The number of nitrogens with zero attached hydrogens (tertiary/aromatic N) is 2. The standard InChI is InChI=1S/C21H18N4O6S/c22-11-14-7-13-8-18-20(31-12-30-18)10-16(13)25-21(14)23-3-4-24-32(26,27)15-1-2-17-19(9-15)29-6-5-28-17/h1-2,7-10,24H,3-6,12H2,(H,23,25). The van der Waals surface area contributed by atoms with Gasteiger partial charge in [0.25, 0.3) is 0 Å². The summed E-state index contributed by atoms with van der Waals surface area (Å²) >= 11 is 0. The number of nitriles is 1. The first-order valence-electron chi connectivity index (χ1n) is 9.81. The van der Waals surface area contributed by atoms with Gasteiger partial charge in [-0.2, -0.15) is 5.26 Å². The van der Waals surface area contributed by atoms with Gasteiger partial charge in [-0.3, -0.25) is 0 Å². The predicted molar refractivity (Wildman–Crippen MR) is 114 cm³/mol. The number of nitrogens with one attached hydrogen (secondary N) is 2. The summed E-state index contributed by atoms with van der Waals surface area (Å²) in [5.74, 6) is 2.48. The maximum absolute atomic E-state index is 12.6. The molecular weight excluding hydrogens is 436 g/mol. The molecule has 0 amide bonds. The van der Waals surface area contributed by atoms with Crippen molar-refractivity contribution >= 4 is 26.7 Å². The maximum atomic E-state index is 12.6. The van der Waals surface area contributed by atoms with Crippen LogP contribution in [0.5, 0.6) is 23.0 Å². The summed E-state index contributed by atoms with van der Waals surface area (Å²) in [6.07, 6.45) is 0. The molecule has 0 saturated heterocycles. The van der Waals surface area contributed by atoms with Crippen LogP contribution in [0.25, 0.3) is 10.9 Å². The third kappa shape index (κ3) is 3.81. The molecule has 0 bridgehead atoms. The smallest absolute Gasteiger partial charge is 0.240 e. The van der Waals surface area contributed by atoms with Crippen molar-refractivity contribution in [1.82, 2.24) is 9.71 Å². The Morgan fingerprint density at radius 3 is 2.50 bits per heavy atom. The highest BCUT2D eigenvalue weighted by Crippen LogP contribution is 2.36. The highest BCUT2D eigenvalue weighted by Gasteiger charge is 2.20. The lowest BCUT2D eigenvalue weighted by atomic mass is 10.1. The number of sulfonamides is 1. The van der Waals surface area contributed by atoms with Gasteiger partial charge in [-0.25, -0.2) is 18.1 Å². The van der Waals surface area contributed by atoms with Gasteiger partial charge >= 0.3 is 0 Å². The van der Waals surface area contributed by atoms with E-state index < -0.39 is 10.0 Å². The van der Waals surface area contributed by atoms with Crippen LogP contribution in [-0.2, 0) is 10.0 Å². The summed E-state index contributed by atoms with van der Waals surface area (Å²) in [5, 5.41) is 13.2. The van der Waals surface area contributed by atoms with Gasteiger partial charge < -0.3 is 24.3 Å². The first-order chi connectivity index (χ1) is 15.5. The second kappa shape index (κ2) is 8.07. The molecule has 0 atom stereocenters. The molecule has 164 valence electrons. The molecule has 2 aromatic carbocycles. The van der Waals surface area contributed by atoms with Crippen LogP contribution in [0.15, 0.2) is 41.3 Å². The number of fused-ring (bicyclic) bond motifs is 3. The van der Waals surface area contributed by atoms with E-state index in [9.17, 15) is 13.7 Å². The van der Waals surface area contributed by atoms with E-state index in [1.54, 1.807) is 24.3 Å². The zero-order chi connectivity index (χ0) is 22.1. The summed E-state index contributed by atoms with van der Waals surface area (Å²) in [4.78, 5) is 4.57. The van der Waals surface area contributed by atoms with Crippen molar-refractivity contribution in [3.8, 4) is 29.1 Å². The lowest BCUT2D eigenvalue weighted by Gasteiger charge is -2.19. The Kier molecular flexibility index (Phi) is 5.08. The molecule has 10 nitrogen and oxygen atoms in total. The van der Waals surface area contributed by atoms with Gasteiger partial charge in [-0.15, -0.1) is 0 Å². The fourth-order valence-corrected chi connectivity index (χ4v) is 4.47. The second-order valence-corrected chi connectivity index (χ2v) is 8.79. The Labute approximate surface area is 183 Å². The topological polar surface area (TPSA) is 132 Å². The fraction of sp³-hybridized carbons (Fsp3) is 0.238. The molecule has 2 aliphatic rings. The minimum Gasteiger partial charge on any atom is -0.486 e. The van der Waals surface area contributed by atoms with E-state index in [-0.39, 0.29) is 24.8 Å². The number of anilines is 1. The van der Waals surface area contributed by atoms with Crippen molar-refractivity contribution in [3.05, 3.63) is 42.0 Å². The van der Waals surface area contributed by atoms with E-state index >= 15 is 0 Å². The molecule has 0 fully saturated rings. The van der Waals surface area contributed by atoms with Crippen molar-refractivity contribution in [2.45, 2.75) is 4.90 Å². The number of aromatic nitrogens is 1. The van der Waals surface area contributed by atoms with Crippen LogP contribution < -0.4 is 29.0 Å². The SMILES string of the molecule is N#Cc1cc2cc3c(cc2nc1NCCNS(=O)(=O)c1ccc2c(c1)OCCO2)OCO3. The molecule has 0 spiro atoms. The third-order valence-corrected chi connectivity index (χ3v) is 6.42. The number of hydrogen-bond donors (Lipinski definition) is 2. The summed E-state index contributed by atoms with van der Waals surface area (Å²) in [6.45, 7) is 1.25. The van der Waals surface area contributed by atoms with Gasteiger partial charge in [-0.1, -0.05) is 0 Å². The molecule has 3 aromatic rings. The Morgan fingerprint density at radius 2 is 1.69 bits per heavy atom. The molecule has 0 saturated carbocycles. The average Bonchev–Trinajstić information content (AvgIpc) is 3.26. The highest BCUT2D eigenvalue weighted by atomic mass is 32.2. The molecule has 0 radical (unpaired) electrons. The summed E-state index contributed by atoms with van der Waals surface area (Å²) in [6, 6.07) is 11.8. The van der Waals surface area contributed by atoms with E-state index in [1.807, 2.05) is 0 Å². The minimum absolute atomic E-state index is 0.0827. The van der Waals surface area contributed by atoms with Gasteiger partial charge in [0.15, 0.2) is 23.0 Å². The van der Waals surface area contributed by atoms with Gasteiger partial charge in [0.1, 0.15) is 25.1 Å². The second-order valence-electron chi connectivity index (χ2n) is 7.02. The molecule has 2 aliphatic heterocycles. The molecule has 32 heavy (non-hydrogen) atoms. The van der Waals surface area contributed by atoms with Gasteiger partial charge in [0.2, 0.25) is 16.8 Å². The Morgan fingerprint density at radius 1 is 0.938 bits per heavy atom. The first kappa shape index (κ1) is 20.2. The number of benzene rings is 2. The van der Waals surface area contributed by atoms with Crippen molar-refractivity contribution in [2.24, 2.45) is 0 Å². The quantitative estimate of drug-likeness (QED) is 0.537. The van der Waals surface area contributed by atoms with Gasteiger partial charge in [-0.05, 0) is 24.3 Å². The predicted octanol–water partition coefficient (Wildman–Crippen LogP) is 2.00. The Balaban J connectivity index is 1.27. The lowest BCUT2D eigenvalue weighted by Crippen LogP contribution is -2.29. The summed E-state index contributed by atoms with van der Waals surface area (Å²) in [7, 11) is -3.75. The van der Waals surface area contributed by atoms with Crippen LogP contribution in [0.3, 0.4) is 0 Å². The van der Waals surface area contributed by atoms with Crippen LogP contribution >= 0.6 is 0 Å². The van der Waals surface area contributed by atoms with Crippen LogP contribution in [0, 0.1) is 11.3 Å². The minimum atomic E-state index is -3.75. The molecule has 3 heterocycles. The molecule has 0 unspecified atom stereocenters. The van der Waals surface area contributed by atoms with E-state index in [2.05, 4.69) is 21.1 Å². The lowest BCUT2D eigenvalue weighted by molar-refractivity contribution is 0.171. The average molecular weight is 454 g/mol. The Bertz CT molecular complexity index is 1350. The Hall–Kier alpha value is -3.75. The van der Waals surface area contributed by atoms with Crippen molar-refractivity contribution < 1.29 is 27.4 Å². The van der Waals surface area contributed by atoms with Gasteiger partial charge in [0.05, 0.1) is 16.0 Å². The van der Waals surface area contributed by atoms with Gasteiger partial charge in [0, 0.05) is 30.6 Å². The zero-order valence-corrected chi connectivity index (χ0v) is 17.6. The maximum Gasteiger partial charge on any atom is 0.240 e. The van der Waals surface area contributed by atoms with Crippen LogP contribution in [-0.4, -0.2) is 46.5 Å². The number of pyridine rings is 1. The van der Waals surface area contributed by atoms with Crippen molar-refractivity contribution in [1.29, 1.82) is 5.26 Å². The highest BCUT2D eigenvalue weighted by molar-refractivity contribution is 7.89. The molecule has 1 aromatic heterocycles. The van der Waals surface area contributed by atoms with E-state index in [4.69, 9.17) is 18.9 Å². The van der Waals surface area contributed by atoms with E-state index in [0.717, 1.165) is 5.39 Å². The van der Waals surface area contributed by atoms with Crippen LogP contribution in [0.2, 0.25) is 0 Å². The number of ether oxygens (including phenoxy) is 4. The molecule has 0 aliphatic carbocycles. The largest absolute Gasteiger partial charge is 0.486 e. The monoisotopic (exact) mass is 454 g/mol. The molecule has 5 rings (SSSR count). The van der Waals surface area contributed by atoms with Crippen LogP contribution in [0.4, 0.5) is 5.82 Å². The summed E-state index contributed by atoms with van der Waals surface area (Å²) < 4.78 is 49.3. The molecule has 11 heteroatoms. The van der Waals surface area contributed by atoms with E-state index in [0.29, 0.717) is 53.1 Å². The zero-order valence-electron chi connectivity index (χ0n) is 16.8. The molecule has 2 N–H and O–H groups in total. The number of rotatable bonds is 6. The van der Waals surface area contributed by atoms with Crippen molar-refractivity contribution in [3.63, 3.8) is 0 Å². The third-order valence-electron chi connectivity index (χ3n) is 4.96. The normalized spacial score (nSPS) is 14.2. The van der Waals surface area contributed by atoms with E-state index in [1.165, 1.54) is 12.1 Å². The van der Waals surface area contributed by atoms with Crippen LogP contribution in [0.1, 0.15) is 5.56 Å². The number of hydrogen-bond acceptors (Lipinski definition) is 9. The summed E-state index contributed by atoms with van der Waals surface area (Å²) in [5.41, 5.74) is 0.971. The molecular formula is C21H18N4O6S. The first-order valence-corrected chi connectivity index (χ1v) is 11.3. The fourth-order valence-electron chi connectivity index (χ4n) is 3.42. The van der Waals surface area contributed by atoms with Crippen molar-refractivity contribution in [2.75, 3.05) is 38.4 Å².